The Balaban J connectivity index is 1.37. The van der Waals surface area contributed by atoms with Crippen molar-refractivity contribution in [1.82, 2.24) is 19.8 Å². The first-order valence-corrected chi connectivity index (χ1v) is 10.2. The minimum atomic E-state index is -0.0419. The van der Waals surface area contributed by atoms with Crippen molar-refractivity contribution in [3.8, 4) is 0 Å². The summed E-state index contributed by atoms with van der Waals surface area (Å²) >= 11 is 0. The number of hydrogen-bond donors (Lipinski definition) is 1. The predicted molar refractivity (Wildman–Crippen MR) is 113 cm³/mol. The van der Waals surface area contributed by atoms with Crippen LogP contribution in [0.1, 0.15) is 24.7 Å². The van der Waals surface area contributed by atoms with Gasteiger partial charge in [-0.1, -0.05) is 49.4 Å². The molecule has 5 nitrogen and oxygen atoms in total. The highest BCUT2D eigenvalue weighted by atomic mass is 16.1. The van der Waals surface area contributed by atoms with Gasteiger partial charge in [0, 0.05) is 45.2 Å². The molecule has 0 bridgehead atoms. The number of benzene rings is 2. The van der Waals surface area contributed by atoms with E-state index in [0.29, 0.717) is 11.4 Å². The third-order valence-electron chi connectivity index (χ3n) is 5.72. The quantitative estimate of drug-likeness (QED) is 0.718. The largest absolute Gasteiger partial charge is 0.310 e. The number of nitrogens with one attached hydrogen (secondary N) is 1. The zero-order valence-electron chi connectivity index (χ0n) is 16.5. The van der Waals surface area contributed by atoms with Crippen LogP contribution in [0.25, 0.3) is 10.9 Å². The zero-order chi connectivity index (χ0) is 19.3. The van der Waals surface area contributed by atoms with Crippen molar-refractivity contribution in [3.63, 3.8) is 0 Å². The van der Waals surface area contributed by atoms with Crippen LogP contribution in [0.4, 0.5) is 0 Å². The molecule has 0 saturated carbocycles. The number of piperazine rings is 1. The van der Waals surface area contributed by atoms with E-state index in [1.807, 2.05) is 24.3 Å². The zero-order valence-corrected chi connectivity index (χ0v) is 16.5. The van der Waals surface area contributed by atoms with E-state index in [0.717, 1.165) is 56.9 Å². The molecule has 4 rings (SSSR count). The number of hydrogen-bond acceptors (Lipinski definition) is 4. The molecule has 0 spiro atoms. The molecule has 2 aromatic carbocycles. The van der Waals surface area contributed by atoms with Crippen LogP contribution in [0.3, 0.4) is 0 Å². The lowest BCUT2D eigenvalue weighted by molar-refractivity contribution is 0.0667. The number of H-pyrrole nitrogens is 1. The Kier molecular flexibility index (Phi) is 5.84. The molecular formula is C23H28N4O. The van der Waals surface area contributed by atoms with Gasteiger partial charge in [0.05, 0.1) is 10.9 Å². The molecule has 1 unspecified atom stereocenters. The van der Waals surface area contributed by atoms with Crippen LogP contribution in [0, 0.1) is 0 Å². The van der Waals surface area contributed by atoms with E-state index in [4.69, 9.17) is 0 Å². The lowest BCUT2D eigenvalue weighted by Crippen LogP contribution is -2.52. The number of para-hydroxylation sites is 1. The summed E-state index contributed by atoms with van der Waals surface area (Å²) in [6.07, 6.45) is 1.92. The minimum absolute atomic E-state index is 0.0419. The van der Waals surface area contributed by atoms with E-state index in [-0.39, 0.29) is 5.56 Å². The number of rotatable bonds is 6. The van der Waals surface area contributed by atoms with Crippen molar-refractivity contribution in [3.05, 3.63) is 76.3 Å². The Bertz CT molecular complexity index is 969. The maximum absolute atomic E-state index is 12.2. The predicted octanol–water partition coefficient (Wildman–Crippen LogP) is 3.06. The lowest BCUT2D eigenvalue weighted by Gasteiger charge is -2.41. The smallest absolute Gasteiger partial charge is 0.258 e. The lowest BCUT2D eigenvalue weighted by atomic mass is 10.1. The maximum Gasteiger partial charge on any atom is 0.258 e. The molecular weight excluding hydrogens is 348 g/mol. The van der Waals surface area contributed by atoms with Gasteiger partial charge in [0.1, 0.15) is 5.82 Å². The van der Waals surface area contributed by atoms with Gasteiger partial charge in [-0.3, -0.25) is 9.69 Å². The van der Waals surface area contributed by atoms with Crippen molar-refractivity contribution in [2.75, 3.05) is 26.2 Å². The van der Waals surface area contributed by atoms with Gasteiger partial charge in [-0.25, -0.2) is 4.98 Å². The number of aromatic amines is 1. The summed E-state index contributed by atoms with van der Waals surface area (Å²) in [6, 6.07) is 18.8. The molecule has 1 aliphatic rings. The summed E-state index contributed by atoms with van der Waals surface area (Å²) in [7, 11) is 0. The van der Waals surface area contributed by atoms with Gasteiger partial charge in [-0.2, -0.15) is 0 Å². The molecule has 1 N–H and O–H groups in total. The second-order valence-corrected chi connectivity index (χ2v) is 7.60. The average Bonchev–Trinajstić information content (AvgIpc) is 2.74. The van der Waals surface area contributed by atoms with E-state index in [1.165, 1.54) is 5.56 Å². The first-order valence-electron chi connectivity index (χ1n) is 10.2. The SMILES string of the molecule is CCC1CN(CCc2nc3ccccc3c(=O)[nH]2)CCN1Cc1ccccc1. The van der Waals surface area contributed by atoms with Crippen molar-refractivity contribution in [1.29, 1.82) is 0 Å². The molecule has 0 aliphatic carbocycles. The third kappa shape index (κ3) is 4.32. The highest BCUT2D eigenvalue weighted by Crippen LogP contribution is 2.17. The fourth-order valence-electron chi connectivity index (χ4n) is 4.09. The Hall–Kier alpha value is -2.50. The molecule has 1 aromatic heterocycles. The Labute approximate surface area is 166 Å². The van der Waals surface area contributed by atoms with Gasteiger partial charge in [0.25, 0.3) is 5.56 Å². The molecule has 2 heterocycles. The highest BCUT2D eigenvalue weighted by molar-refractivity contribution is 5.77. The molecule has 28 heavy (non-hydrogen) atoms. The number of nitrogens with zero attached hydrogens (tertiary/aromatic N) is 3. The molecule has 3 aromatic rings. The summed E-state index contributed by atoms with van der Waals surface area (Å²) in [5.74, 6) is 0.781. The van der Waals surface area contributed by atoms with Gasteiger partial charge in [0.2, 0.25) is 0 Å². The molecule has 5 heteroatoms. The average molecular weight is 377 g/mol. The van der Waals surface area contributed by atoms with Gasteiger partial charge >= 0.3 is 0 Å². The Morgan fingerprint density at radius 1 is 1.07 bits per heavy atom. The van der Waals surface area contributed by atoms with E-state index in [1.54, 1.807) is 0 Å². The maximum atomic E-state index is 12.2. The number of fused-ring (bicyclic) bond motifs is 1. The summed E-state index contributed by atoms with van der Waals surface area (Å²) in [5, 5.41) is 0.659. The van der Waals surface area contributed by atoms with Gasteiger partial charge < -0.3 is 9.88 Å². The summed E-state index contributed by atoms with van der Waals surface area (Å²) in [5.41, 5.74) is 2.12. The first kappa shape index (κ1) is 18.8. The molecule has 0 amide bonds. The van der Waals surface area contributed by atoms with Crippen molar-refractivity contribution in [2.24, 2.45) is 0 Å². The molecule has 1 fully saturated rings. The highest BCUT2D eigenvalue weighted by Gasteiger charge is 2.25. The molecule has 146 valence electrons. The van der Waals surface area contributed by atoms with Crippen LogP contribution >= 0.6 is 0 Å². The van der Waals surface area contributed by atoms with E-state index < -0.39 is 0 Å². The number of aromatic nitrogens is 2. The van der Waals surface area contributed by atoms with Crippen molar-refractivity contribution in [2.45, 2.75) is 32.4 Å². The second kappa shape index (κ2) is 8.67. The summed E-state index contributed by atoms with van der Waals surface area (Å²) in [4.78, 5) is 24.9. The van der Waals surface area contributed by atoms with Gasteiger partial charge in [-0.15, -0.1) is 0 Å². The molecule has 0 radical (unpaired) electrons. The van der Waals surface area contributed by atoms with Crippen LogP contribution in [-0.4, -0.2) is 52.0 Å². The van der Waals surface area contributed by atoms with E-state index in [9.17, 15) is 4.79 Å². The fourth-order valence-corrected chi connectivity index (χ4v) is 4.09. The normalized spacial score (nSPS) is 18.5. The molecule has 1 atom stereocenters. The topological polar surface area (TPSA) is 52.2 Å². The van der Waals surface area contributed by atoms with Gasteiger partial charge in [0.15, 0.2) is 0 Å². The van der Waals surface area contributed by atoms with E-state index in [2.05, 4.69) is 57.0 Å². The van der Waals surface area contributed by atoms with Crippen LogP contribution in [0.5, 0.6) is 0 Å². The second-order valence-electron chi connectivity index (χ2n) is 7.60. The summed E-state index contributed by atoms with van der Waals surface area (Å²) in [6.45, 7) is 7.43. The van der Waals surface area contributed by atoms with Crippen molar-refractivity contribution >= 4 is 10.9 Å². The standard InChI is InChI=1S/C23H28N4O/c1-2-19-17-26(14-15-27(19)16-18-8-4-3-5-9-18)13-12-22-24-21-11-7-6-10-20(21)23(28)25-22/h3-11,19H,2,12-17H2,1H3,(H,24,25,28). The Morgan fingerprint density at radius 2 is 1.86 bits per heavy atom. The van der Waals surface area contributed by atoms with Crippen LogP contribution in [0.2, 0.25) is 0 Å². The van der Waals surface area contributed by atoms with Gasteiger partial charge in [-0.05, 0) is 24.1 Å². The fraction of sp³-hybridized carbons (Fsp3) is 0.391. The first-order chi connectivity index (χ1) is 13.7. The third-order valence-corrected chi connectivity index (χ3v) is 5.72. The van der Waals surface area contributed by atoms with E-state index >= 15 is 0 Å². The van der Waals surface area contributed by atoms with Crippen LogP contribution < -0.4 is 5.56 Å². The van der Waals surface area contributed by atoms with Crippen molar-refractivity contribution < 1.29 is 0 Å². The van der Waals surface area contributed by atoms with Crippen LogP contribution in [-0.2, 0) is 13.0 Å². The monoisotopic (exact) mass is 376 g/mol. The molecule has 1 saturated heterocycles. The summed E-state index contributed by atoms with van der Waals surface area (Å²) < 4.78 is 0. The Morgan fingerprint density at radius 3 is 2.68 bits per heavy atom. The minimum Gasteiger partial charge on any atom is -0.310 e. The molecule has 1 aliphatic heterocycles. The van der Waals surface area contributed by atoms with Crippen LogP contribution in [0.15, 0.2) is 59.4 Å².